The van der Waals surface area contributed by atoms with Gasteiger partial charge in [-0.05, 0) is 13.0 Å². The number of rotatable bonds is 3. The van der Waals surface area contributed by atoms with Gasteiger partial charge in [0.1, 0.15) is 11.6 Å². The summed E-state index contributed by atoms with van der Waals surface area (Å²) in [5.41, 5.74) is 1.89. The Balaban J connectivity index is 2.06. The van der Waals surface area contributed by atoms with Crippen LogP contribution in [0.4, 0.5) is 0 Å². The molecule has 0 spiro atoms. The molecule has 1 aromatic heterocycles. The van der Waals surface area contributed by atoms with Crippen LogP contribution in [0, 0.1) is 0 Å². The number of hydrogen-bond donors (Lipinski definition) is 1. The Hall–Kier alpha value is -1.23. The predicted octanol–water partition coefficient (Wildman–Crippen LogP) is 3.36. The average Bonchev–Trinajstić information content (AvgIpc) is 2.87. The Kier molecular flexibility index (Phi) is 3.87. The second kappa shape index (κ2) is 5.64. The minimum absolute atomic E-state index is 0.559. The van der Waals surface area contributed by atoms with E-state index in [0.29, 0.717) is 22.4 Å². The molecular formula is C14H15Cl2N3O. The molecule has 0 fully saturated rings. The van der Waals surface area contributed by atoms with E-state index < -0.39 is 0 Å². The van der Waals surface area contributed by atoms with Gasteiger partial charge in [0, 0.05) is 24.7 Å². The highest BCUT2D eigenvalue weighted by Gasteiger charge is 2.18. The summed E-state index contributed by atoms with van der Waals surface area (Å²) < 4.78 is 7.63. The number of fused-ring (bicyclic) bond motifs is 1. The molecule has 106 valence electrons. The van der Waals surface area contributed by atoms with Crippen LogP contribution in [0.2, 0.25) is 10.0 Å². The third kappa shape index (κ3) is 2.39. The molecule has 2 aromatic rings. The van der Waals surface area contributed by atoms with Crippen molar-refractivity contribution in [3.8, 4) is 17.0 Å². The van der Waals surface area contributed by atoms with Gasteiger partial charge in [-0.2, -0.15) is 0 Å². The lowest BCUT2D eigenvalue weighted by atomic mass is 10.1. The van der Waals surface area contributed by atoms with E-state index in [1.165, 1.54) is 0 Å². The number of aromatic nitrogens is 2. The third-order valence-corrected chi connectivity index (χ3v) is 3.94. The van der Waals surface area contributed by atoms with Crippen molar-refractivity contribution in [2.45, 2.75) is 20.0 Å². The van der Waals surface area contributed by atoms with E-state index in [0.717, 1.165) is 36.7 Å². The van der Waals surface area contributed by atoms with Gasteiger partial charge in [-0.15, -0.1) is 0 Å². The molecule has 1 aliphatic rings. The van der Waals surface area contributed by atoms with Crippen molar-refractivity contribution in [3.63, 3.8) is 0 Å². The van der Waals surface area contributed by atoms with E-state index in [4.69, 9.17) is 27.9 Å². The van der Waals surface area contributed by atoms with E-state index in [-0.39, 0.29) is 0 Å². The molecule has 0 saturated heterocycles. The Morgan fingerprint density at radius 2 is 2.20 bits per heavy atom. The van der Waals surface area contributed by atoms with Crippen LogP contribution in [0.3, 0.4) is 0 Å². The second-order valence-electron chi connectivity index (χ2n) is 4.58. The van der Waals surface area contributed by atoms with Gasteiger partial charge in [-0.3, -0.25) is 0 Å². The molecule has 0 saturated carbocycles. The number of ether oxygens (including phenoxy) is 1. The van der Waals surface area contributed by atoms with Crippen LogP contribution in [-0.4, -0.2) is 22.7 Å². The van der Waals surface area contributed by atoms with Crippen LogP contribution in [0.25, 0.3) is 11.3 Å². The Bertz CT molecular complexity index is 640. The first-order chi connectivity index (χ1) is 9.70. The fourth-order valence-corrected chi connectivity index (χ4v) is 2.87. The summed E-state index contributed by atoms with van der Waals surface area (Å²) >= 11 is 12.6. The molecule has 0 aliphatic carbocycles. The average molecular weight is 312 g/mol. The molecule has 1 N–H and O–H groups in total. The molecule has 0 atom stereocenters. The summed E-state index contributed by atoms with van der Waals surface area (Å²) in [5.74, 6) is 1.63. The molecule has 20 heavy (non-hydrogen) atoms. The molecule has 0 bridgehead atoms. The normalized spacial score (nSPS) is 14.2. The number of nitrogens with zero attached hydrogens (tertiary/aromatic N) is 2. The van der Waals surface area contributed by atoms with Gasteiger partial charge in [0.05, 0.1) is 35.1 Å². The van der Waals surface area contributed by atoms with Gasteiger partial charge >= 0.3 is 0 Å². The van der Waals surface area contributed by atoms with Crippen molar-refractivity contribution in [1.82, 2.24) is 14.9 Å². The van der Waals surface area contributed by atoms with Gasteiger partial charge in [0.2, 0.25) is 0 Å². The first-order valence-corrected chi connectivity index (χ1v) is 7.33. The molecule has 2 heterocycles. The third-order valence-electron chi connectivity index (χ3n) is 3.33. The van der Waals surface area contributed by atoms with Crippen LogP contribution in [0.5, 0.6) is 5.75 Å². The molecule has 0 amide bonds. The smallest absolute Gasteiger partial charge is 0.139 e. The van der Waals surface area contributed by atoms with Gasteiger partial charge in [0.15, 0.2) is 0 Å². The summed E-state index contributed by atoms with van der Waals surface area (Å²) in [4.78, 5) is 4.43. The summed E-state index contributed by atoms with van der Waals surface area (Å²) in [6.45, 7) is 5.06. The maximum absolute atomic E-state index is 6.38. The van der Waals surface area contributed by atoms with Crippen molar-refractivity contribution in [1.29, 1.82) is 0 Å². The predicted molar refractivity (Wildman–Crippen MR) is 80.6 cm³/mol. The zero-order chi connectivity index (χ0) is 14.1. The highest BCUT2D eigenvalue weighted by atomic mass is 35.5. The highest BCUT2D eigenvalue weighted by molar-refractivity contribution is 6.36. The SMILES string of the molecule is CCOc1cc(Cl)c(-c2cnc3n2CCNC3)cc1Cl. The number of imidazole rings is 1. The number of halogens is 2. The summed E-state index contributed by atoms with van der Waals surface area (Å²) in [7, 11) is 0. The van der Waals surface area contributed by atoms with Crippen molar-refractivity contribution >= 4 is 23.2 Å². The van der Waals surface area contributed by atoms with Crippen molar-refractivity contribution in [2.24, 2.45) is 0 Å². The van der Waals surface area contributed by atoms with Gasteiger partial charge in [0.25, 0.3) is 0 Å². The quantitative estimate of drug-likeness (QED) is 0.944. The highest BCUT2D eigenvalue weighted by Crippen LogP contribution is 2.37. The van der Waals surface area contributed by atoms with Crippen molar-refractivity contribution in [2.75, 3.05) is 13.2 Å². The van der Waals surface area contributed by atoms with Gasteiger partial charge in [-0.25, -0.2) is 4.98 Å². The maximum Gasteiger partial charge on any atom is 0.139 e. The fraction of sp³-hybridized carbons (Fsp3) is 0.357. The standard InChI is InChI=1S/C14H15Cl2N3O/c1-2-20-13-6-10(15)9(5-11(13)16)12-7-18-14-8-17-3-4-19(12)14/h5-7,17H,2-4,8H2,1H3. The number of nitrogens with one attached hydrogen (secondary N) is 1. The fourth-order valence-electron chi connectivity index (χ4n) is 2.40. The van der Waals surface area contributed by atoms with Crippen molar-refractivity contribution < 1.29 is 4.74 Å². The molecule has 4 nitrogen and oxygen atoms in total. The lowest BCUT2D eigenvalue weighted by molar-refractivity contribution is 0.340. The van der Waals surface area contributed by atoms with Gasteiger partial charge < -0.3 is 14.6 Å². The van der Waals surface area contributed by atoms with Gasteiger partial charge in [-0.1, -0.05) is 23.2 Å². The largest absolute Gasteiger partial charge is 0.492 e. The molecule has 6 heteroatoms. The van der Waals surface area contributed by atoms with Crippen LogP contribution in [0.15, 0.2) is 18.3 Å². The number of benzene rings is 1. The van der Waals surface area contributed by atoms with E-state index in [1.54, 1.807) is 6.07 Å². The lowest BCUT2D eigenvalue weighted by Crippen LogP contribution is -2.28. The van der Waals surface area contributed by atoms with E-state index in [2.05, 4.69) is 14.9 Å². The zero-order valence-corrected chi connectivity index (χ0v) is 12.6. The lowest BCUT2D eigenvalue weighted by Gasteiger charge is -2.18. The van der Waals surface area contributed by atoms with Crippen LogP contribution >= 0.6 is 23.2 Å². The van der Waals surface area contributed by atoms with Crippen LogP contribution < -0.4 is 10.1 Å². The number of hydrogen-bond acceptors (Lipinski definition) is 3. The molecule has 0 radical (unpaired) electrons. The van der Waals surface area contributed by atoms with Crippen molar-refractivity contribution in [3.05, 3.63) is 34.2 Å². The first-order valence-electron chi connectivity index (χ1n) is 6.58. The minimum Gasteiger partial charge on any atom is -0.492 e. The van der Waals surface area contributed by atoms with E-state index in [1.807, 2.05) is 19.2 Å². The monoisotopic (exact) mass is 311 g/mol. The molecular weight excluding hydrogens is 297 g/mol. The zero-order valence-electron chi connectivity index (χ0n) is 11.1. The topological polar surface area (TPSA) is 39.1 Å². The Morgan fingerprint density at radius 1 is 1.35 bits per heavy atom. The van der Waals surface area contributed by atoms with Crippen LogP contribution in [-0.2, 0) is 13.1 Å². The van der Waals surface area contributed by atoms with E-state index in [9.17, 15) is 0 Å². The minimum atomic E-state index is 0.559. The molecule has 1 aliphatic heterocycles. The Morgan fingerprint density at radius 3 is 3.00 bits per heavy atom. The van der Waals surface area contributed by atoms with Crippen LogP contribution in [0.1, 0.15) is 12.7 Å². The molecule has 0 unspecified atom stereocenters. The molecule has 1 aromatic carbocycles. The molecule has 3 rings (SSSR count). The summed E-state index contributed by atoms with van der Waals surface area (Å²) in [6.07, 6.45) is 1.85. The summed E-state index contributed by atoms with van der Waals surface area (Å²) in [5, 5.41) is 4.48. The summed E-state index contributed by atoms with van der Waals surface area (Å²) in [6, 6.07) is 3.62. The van der Waals surface area contributed by atoms with E-state index >= 15 is 0 Å². The Labute approximate surface area is 127 Å². The first kappa shape index (κ1) is 13.7. The maximum atomic E-state index is 6.38. The second-order valence-corrected chi connectivity index (χ2v) is 5.40.